The van der Waals surface area contributed by atoms with Crippen LogP contribution in [0, 0.1) is 5.41 Å². The molecule has 0 saturated carbocycles. The van der Waals surface area contributed by atoms with Gasteiger partial charge >= 0.3 is 0 Å². The number of nitrogen functional groups attached to an aromatic ring is 2. The van der Waals surface area contributed by atoms with Crippen LogP contribution in [0.3, 0.4) is 0 Å². The van der Waals surface area contributed by atoms with Gasteiger partial charge in [0.2, 0.25) is 0 Å². The van der Waals surface area contributed by atoms with E-state index in [0.717, 1.165) is 55.3 Å². The van der Waals surface area contributed by atoms with E-state index in [9.17, 15) is 9.59 Å². The molecular weight excluding hydrogens is 662 g/mol. The van der Waals surface area contributed by atoms with E-state index in [2.05, 4.69) is 34.5 Å². The number of amidine groups is 1. The van der Waals surface area contributed by atoms with Gasteiger partial charge in [0.15, 0.2) is 41.3 Å². The van der Waals surface area contributed by atoms with E-state index in [4.69, 9.17) is 40.6 Å². The van der Waals surface area contributed by atoms with Gasteiger partial charge in [0, 0.05) is 49.7 Å². The number of fused-ring (bicyclic) bond motifs is 1. The van der Waals surface area contributed by atoms with Gasteiger partial charge in [-0.25, -0.2) is 0 Å². The molecule has 52 heavy (non-hydrogen) atoms. The van der Waals surface area contributed by atoms with Gasteiger partial charge in [-0.3, -0.25) is 19.9 Å². The number of nitrogens with zero attached hydrogens (tertiary/aromatic N) is 1. The van der Waals surface area contributed by atoms with Crippen LogP contribution in [0.2, 0.25) is 0 Å². The maximum Gasteiger partial charge on any atom is 0.184 e. The van der Waals surface area contributed by atoms with Crippen LogP contribution in [0.5, 0.6) is 28.7 Å². The summed E-state index contributed by atoms with van der Waals surface area (Å²) in [6.45, 7) is 4.78. The zero-order chi connectivity index (χ0) is 38.0. The molecule has 12 heteroatoms. The molecule has 0 amide bonds. The van der Waals surface area contributed by atoms with Crippen LogP contribution in [-0.4, -0.2) is 71.9 Å². The second-order valence-electron chi connectivity index (χ2n) is 11.5. The van der Waals surface area contributed by atoms with Crippen molar-refractivity contribution in [3.63, 3.8) is 0 Å². The molecule has 12 nitrogen and oxygen atoms in total. The molecule has 4 aromatic carbocycles. The number of anilines is 2. The second kappa shape index (κ2) is 20.6. The van der Waals surface area contributed by atoms with Crippen LogP contribution in [0.25, 0.3) is 0 Å². The summed E-state index contributed by atoms with van der Waals surface area (Å²) >= 11 is 0. The number of carbonyl (C=O) groups excluding carboxylic acids is 2. The van der Waals surface area contributed by atoms with Crippen LogP contribution in [0.4, 0.5) is 11.4 Å². The molecular formula is C40H49N5O7. The third-order valence-corrected chi connectivity index (χ3v) is 8.25. The number of allylic oxidation sites excluding steroid dienone is 2. The topological polar surface area (TPSA) is 171 Å². The molecule has 0 bridgehead atoms. The zero-order valence-electron chi connectivity index (χ0n) is 30.7. The Morgan fingerprint density at radius 1 is 0.846 bits per heavy atom. The lowest BCUT2D eigenvalue weighted by Gasteiger charge is -2.29. The Labute approximate surface area is 305 Å². The molecule has 1 heterocycles. The molecule has 0 aromatic heterocycles. The molecule has 6 N–H and O–H groups in total. The van der Waals surface area contributed by atoms with Gasteiger partial charge in [0.1, 0.15) is 11.6 Å². The number of nitrogens with one attached hydrogen (secondary N) is 2. The minimum atomic E-state index is -0.0136. The Hall–Kier alpha value is -6.01. The summed E-state index contributed by atoms with van der Waals surface area (Å²) in [6, 6.07) is 22.5. The summed E-state index contributed by atoms with van der Waals surface area (Å²) in [5, 5.41) is 10.4. The van der Waals surface area contributed by atoms with Gasteiger partial charge in [0.25, 0.3) is 0 Å². The average Bonchev–Trinajstić information content (AvgIpc) is 3.18. The fourth-order valence-electron chi connectivity index (χ4n) is 5.36. The van der Waals surface area contributed by atoms with Gasteiger partial charge in [0.05, 0.1) is 34.0 Å². The Bertz CT molecular complexity index is 1830. The number of aldehydes is 2. The summed E-state index contributed by atoms with van der Waals surface area (Å²) in [4.78, 5) is 23.5. The van der Waals surface area contributed by atoms with Crippen LogP contribution >= 0.6 is 0 Å². The van der Waals surface area contributed by atoms with Crippen molar-refractivity contribution in [1.29, 1.82) is 5.41 Å². The summed E-state index contributed by atoms with van der Waals surface area (Å²) in [5.74, 6) is 3.36. The number of benzene rings is 4. The van der Waals surface area contributed by atoms with E-state index in [1.165, 1.54) is 22.8 Å². The van der Waals surface area contributed by atoms with Gasteiger partial charge < -0.3 is 40.5 Å². The van der Waals surface area contributed by atoms with Gasteiger partial charge in [-0.1, -0.05) is 24.3 Å². The molecule has 0 fully saturated rings. The summed E-state index contributed by atoms with van der Waals surface area (Å²) in [7, 11) is 8.23. The molecule has 0 atom stereocenters. The number of methoxy groups -OCH3 is 4. The number of para-hydroxylation sites is 1. The number of carbonyl (C=O) groups is 2. The zero-order valence-corrected chi connectivity index (χ0v) is 30.7. The van der Waals surface area contributed by atoms with Crippen LogP contribution in [-0.2, 0) is 24.2 Å². The summed E-state index contributed by atoms with van der Waals surface area (Å²) in [5.41, 5.74) is 17.8. The van der Waals surface area contributed by atoms with E-state index in [1.807, 2.05) is 12.1 Å². The van der Waals surface area contributed by atoms with Gasteiger partial charge in [-0.15, -0.1) is 0 Å². The van der Waals surface area contributed by atoms with Gasteiger partial charge in [-0.2, -0.15) is 0 Å². The highest BCUT2D eigenvalue weighted by atomic mass is 16.5. The highest BCUT2D eigenvalue weighted by molar-refractivity contribution is 6.01. The first-order valence-corrected chi connectivity index (χ1v) is 16.6. The smallest absolute Gasteiger partial charge is 0.184 e. The Kier molecular flexibility index (Phi) is 16.0. The predicted molar refractivity (Wildman–Crippen MR) is 205 cm³/mol. The van der Waals surface area contributed by atoms with Crippen LogP contribution < -0.4 is 40.5 Å². The number of ether oxygens (including phenoxy) is 5. The van der Waals surface area contributed by atoms with Crippen molar-refractivity contribution in [2.45, 2.75) is 26.3 Å². The SMILES string of the molecule is C/C=C(/C=O)Oc1ccccc1C=O.CNc1cc(OC)c(OC)cc1C(=N)N.COc1cc2c(cc1OC)CN(CCc1ccc(N)cc1)CC2. The third kappa shape index (κ3) is 11.3. The third-order valence-electron chi connectivity index (χ3n) is 8.25. The molecule has 1 aliphatic rings. The van der Waals surface area contributed by atoms with Crippen molar-refractivity contribution in [3.8, 4) is 28.7 Å². The minimum absolute atomic E-state index is 0.0136. The molecule has 0 spiro atoms. The average molecular weight is 712 g/mol. The van der Waals surface area contributed by atoms with Crippen molar-refractivity contribution >= 4 is 29.8 Å². The fourth-order valence-corrected chi connectivity index (χ4v) is 5.36. The Morgan fingerprint density at radius 2 is 1.44 bits per heavy atom. The quantitative estimate of drug-likeness (QED) is 0.0325. The number of hydrogen-bond donors (Lipinski definition) is 4. The standard InChI is InChI=1S/C19H24N2O2.C11H10O3.C10H15N3O2/c1-22-18-11-15-8-10-21(13-16(15)12-19(18)23-2)9-7-14-3-5-17(20)6-4-14;1-2-10(8-13)14-11-6-4-3-5-9(11)7-12;1-13-7-5-9(15-3)8(14-2)4-6(7)10(11)12/h3-6,11-12H,7-10,13,20H2,1-2H3;2-8H,1H3;4-5,13H,1-3H3,(H3,11,12)/b;10-2-;. The van der Waals surface area contributed by atoms with E-state index < -0.39 is 0 Å². The monoisotopic (exact) mass is 711 g/mol. The minimum Gasteiger partial charge on any atom is -0.493 e. The van der Waals surface area contributed by atoms with Crippen molar-refractivity contribution in [1.82, 2.24) is 4.90 Å². The summed E-state index contributed by atoms with van der Waals surface area (Å²) < 4.78 is 26.3. The molecule has 0 saturated heterocycles. The van der Waals surface area contributed by atoms with Crippen LogP contribution in [0.15, 0.2) is 84.6 Å². The first-order valence-electron chi connectivity index (χ1n) is 16.6. The molecule has 4 aromatic rings. The van der Waals surface area contributed by atoms with E-state index in [0.29, 0.717) is 40.9 Å². The highest BCUT2D eigenvalue weighted by Crippen LogP contribution is 2.34. The molecule has 5 rings (SSSR count). The first-order chi connectivity index (χ1) is 25.1. The Balaban J connectivity index is 0.000000221. The number of hydrogen-bond acceptors (Lipinski definition) is 11. The van der Waals surface area contributed by atoms with E-state index in [1.54, 1.807) is 78.8 Å². The lowest BCUT2D eigenvalue weighted by Crippen LogP contribution is -2.32. The van der Waals surface area contributed by atoms with Crippen LogP contribution in [0.1, 0.15) is 39.5 Å². The molecule has 1 aliphatic heterocycles. The molecule has 0 unspecified atom stereocenters. The largest absolute Gasteiger partial charge is 0.493 e. The van der Waals surface area contributed by atoms with Gasteiger partial charge in [-0.05, 0) is 85.0 Å². The first kappa shape index (κ1) is 40.4. The normalized spacial score (nSPS) is 12.0. The predicted octanol–water partition coefficient (Wildman–Crippen LogP) is 5.90. The molecule has 0 radical (unpaired) electrons. The molecule has 276 valence electrons. The lowest BCUT2D eigenvalue weighted by atomic mass is 9.98. The maximum atomic E-state index is 10.6. The van der Waals surface area contributed by atoms with E-state index in [-0.39, 0.29) is 11.6 Å². The van der Waals surface area contributed by atoms with Crippen molar-refractivity contribution in [2.24, 2.45) is 5.73 Å². The fraction of sp³-hybridized carbons (Fsp3) is 0.275. The van der Waals surface area contributed by atoms with E-state index >= 15 is 0 Å². The van der Waals surface area contributed by atoms with Crippen molar-refractivity contribution in [2.75, 3.05) is 59.6 Å². The maximum absolute atomic E-state index is 10.6. The lowest BCUT2D eigenvalue weighted by molar-refractivity contribution is -0.106. The van der Waals surface area contributed by atoms with Crippen molar-refractivity contribution < 1.29 is 33.3 Å². The number of rotatable bonds is 13. The van der Waals surface area contributed by atoms with Crippen molar-refractivity contribution in [3.05, 3.63) is 112 Å². The Morgan fingerprint density at radius 3 is 2.00 bits per heavy atom. The number of nitrogens with two attached hydrogens (primary N) is 2. The second-order valence-corrected chi connectivity index (χ2v) is 11.5. The molecule has 0 aliphatic carbocycles. The summed E-state index contributed by atoms with van der Waals surface area (Å²) in [6.07, 6.45) is 4.92. The highest BCUT2D eigenvalue weighted by Gasteiger charge is 2.19.